The number of nitrogens with zero attached hydrogens (tertiary/aromatic N) is 5. The van der Waals surface area contributed by atoms with Gasteiger partial charge in [-0.15, -0.1) is 10.2 Å². The van der Waals surface area contributed by atoms with Gasteiger partial charge in [0.1, 0.15) is 5.82 Å². The smallest absolute Gasteiger partial charge is 0.257 e. The molecule has 0 N–H and O–H groups in total. The first-order chi connectivity index (χ1) is 12.7. The average molecular weight is 363 g/mol. The lowest BCUT2D eigenvalue weighted by molar-refractivity contribution is 0.425. The highest BCUT2D eigenvalue weighted by Gasteiger charge is 2.14. The van der Waals surface area contributed by atoms with Gasteiger partial charge >= 0.3 is 0 Å². The molecule has 0 bridgehead atoms. The van der Waals surface area contributed by atoms with Crippen molar-refractivity contribution in [2.24, 2.45) is 0 Å². The van der Waals surface area contributed by atoms with Crippen LogP contribution < -0.4 is 0 Å². The molecule has 0 atom stereocenters. The first-order valence-corrected chi connectivity index (χ1v) is 9.19. The Kier molecular flexibility index (Phi) is 4.53. The zero-order valence-electron chi connectivity index (χ0n) is 14.5. The molecule has 0 fully saturated rings. The molecular weight excluding hydrogens is 346 g/mol. The van der Waals surface area contributed by atoms with Crippen LogP contribution in [0, 0.1) is 13.8 Å². The maximum Gasteiger partial charge on any atom is 0.257 e. The van der Waals surface area contributed by atoms with E-state index in [1.54, 1.807) is 0 Å². The number of hydrogen-bond acceptors (Lipinski definition) is 6. The van der Waals surface area contributed by atoms with Crippen molar-refractivity contribution in [2.45, 2.75) is 24.8 Å². The molecule has 0 saturated heterocycles. The Bertz CT molecular complexity index is 1010. The van der Waals surface area contributed by atoms with E-state index in [-0.39, 0.29) is 0 Å². The Balaban J connectivity index is 1.51. The van der Waals surface area contributed by atoms with Gasteiger partial charge in [-0.05, 0) is 38.1 Å². The maximum atomic E-state index is 5.38. The Morgan fingerprint density at radius 3 is 2.50 bits per heavy atom. The molecule has 0 aliphatic carbocycles. The van der Waals surface area contributed by atoms with E-state index >= 15 is 0 Å². The summed E-state index contributed by atoms with van der Waals surface area (Å²) in [5.41, 5.74) is 3.15. The van der Waals surface area contributed by atoms with Gasteiger partial charge in [-0.2, -0.15) is 4.98 Å². The Morgan fingerprint density at radius 1 is 0.962 bits per heavy atom. The highest BCUT2D eigenvalue weighted by molar-refractivity contribution is 7.98. The quantitative estimate of drug-likeness (QED) is 0.494. The van der Waals surface area contributed by atoms with Crippen molar-refractivity contribution in [1.82, 2.24) is 24.9 Å². The first kappa shape index (κ1) is 16.5. The van der Waals surface area contributed by atoms with Gasteiger partial charge in [0, 0.05) is 11.3 Å². The lowest BCUT2D eigenvalue weighted by atomic mass is 10.1. The first-order valence-electron chi connectivity index (χ1n) is 8.20. The van der Waals surface area contributed by atoms with Gasteiger partial charge in [0.05, 0.1) is 5.75 Å². The van der Waals surface area contributed by atoms with Gasteiger partial charge in [0.2, 0.25) is 0 Å². The van der Waals surface area contributed by atoms with E-state index in [0.29, 0.717) is 17.5 Å². The van der Waals surface area contributed by atoms with E-state index in [4.69, 9.17) is 4.52 Å². The van der Waals surface area contributed by atoms with Crippen LogP contribution in [0.25, 0.3) is 17.1 Å². The van der Waals surface area contributed by atoms with Crippen LogP contribution in [0.1, 0.15) is 17.2 Å². The SMILES string of the molecule is Cc1ccc(-c2nc(CSc3nnc(C)n3-c3ccccc3)no2)cc1. The fourth-order valence-corrected chi connectivity index (χ4v) is 3.41. The van der Waals surface area contributed by atoms with E-state index in [2.05, 4.69) is 20.3 Å². The number of aryl methyl sites for hydroxylation is 2. The minimum atomic E-state index is 0.529. The molecule has 0 radical (unpaired) electrons. The third-order valence-electron chi connectivity index (χ3n) is 3.91. The Morgan fingerprint density at radius 2 is 1.73 bits per heavy atom. The second kappa shape index (κ2) is 7.13. The van der Waals surface area contributed by atoms with Gasteiger partial charge in [-0.25, -0.2) is 0 Å². The molecule has 2 aromatic carbocycles. The van der Waals surface area contributed by atoms with Gasteiger partial charge in [0.25, 0.3) is 5.89 Å². The van der Waals surface area contributed by atoms with E-state index in [1.807, 2.05) is 73.0 Å². The fourth-order valence-electron chi connectivity index (χ4n) is 2.57. The molecule has 4 rings (SSSR count). The third-order valence-corrected chi connectivity index (χ3v) is 4.83. The highest BCUT2D eigenvalue weighted by Crippen LogP contribution is 2.25. The molecular formula is C19H17N5OS. The van der Waals surface area contributed by atoms with Crippen LogP contribution in [0.5, 0.6) is 0 Å². The second-order valence-electron chi connectivity index (χ2n) is 5.87. The average Bonchev–Trinajstić information content (AvgIpc) is 3.28. The van der Waals surface area contributed by atoms with Crippen LogP contribution in [0.4, 0.5) is 0 Å². The predicted molar refractivity (Wildman–Crippen MR) is 100 cm³/mol. The minimum Gasteiger partial charge on any atom is -0.334 e. The highest BCUT2D eigenvalue weighted by atomic mass is 32.2. The summed E-state index contributed by atoms with van der Waals surface area (Å²) in [6.07, 6.45) is 0. The topological polar surface area (TPSA) is 69.6 Å². The monoisotopic (exact) mass is 363 g/mol. The van der Waals surface area contributed by atoms with Gasteiger partial charge in [0.15, 0.2) is 11.0 Å². The van der Waals surface area contributed by atoms with Crippen molar-refractivity contribution in [1.29, 1.82) is 0 Å². The van der Waals surface area contributed by atoms with Crippen molar-refractivity contribution >= 4 is 11.8 Å². The molecule has 0 aliphatic heterocycles. The third kappa shape index (κ3) is 3.39. The van der Waals surface area contributed by atoms with Crippen LogP contribution in [-0.4, -0.2) is 24.9 Å². The molecule has 2 aromatic heterocycles. The number of benzene rings is 2. The number of para-hydroxylation sites is 1. The summed E-state index contributed by atoms with van der Waals surface area (Å²) in [6, 6.07) is 18.1. The van der Waals surface area contributed by atoms with Crippen molar-refractivity contribution in [3.05, 3.63) is 71.8 Å². The molecule has 7 heteroatoms. The molecule has 0 spiro atoms. The van der Waals surface area contributed by atoms with Crippen LogP contribution in [0.3, 0.4) is 0 Å². The molecule has 2 heterocycles. The van der Waals surface area contributed by atoms with Crippen molar-refractivity contribution in [3.8, 4) is 17.1 Å². The molecule has 6 nitrogen and oxygen atoms in total. The van der Waals surface area contributed by atoms with E-state index < -0.39 is 0 Å². The zero-order valence-corrected chi connectivity index (χ0v) is 15.3. The standard InChI is InChI=1S/C19H17N5OS/c1-13-8-10-15(11-9-13)18-20-17(23-25-18)12-26-19-22-21-14(2)24(19)16-6-4-3-5-7-16/h3-11H,12H2,1-2H3. The van der Waals surface area contributed by atoms with Crippen molar-refractivity contribution < 1.29 is 4.52 Å². The summed E-state index contributed by atoms with van der Waals surface area (Å²) in [5.74, 6) is 2.56. The second-order valence-corrected chi connectivity index (χ2v) is 6.81. The lowest BCUT2D eigenvalue weighted by Crippen LogP contribution is -1.99. The molecule has 0 unspecified atom stereocenters. The van der Waals surface area contributed by atoms with E-state index in [9.17, 15) is 0 Å². The van der Waals surface area contributed by atoms with Crippen LogP contribution in [0.15, 0.2) is 64.3 Å². The Hall–Kier alpha value is -2.93. The summed E-state index contributed by atoms with van der Waals surface area (Å²) < 4.78 is 7.40. The molecule has 0 saturated carbocycles. The van der Waals surface area contributed by atoms with Gasteiger partial charge < -0.3 is 4.52 Å². The Labute approximate surface area is 155 Å². The number of aromatic nitrogens is 5. The zero-order chi connectivity index (χ0) is 17.9. The maximum absolute atomic E-state index is 5.38. The van der Waals surface area contributed by atoms with E-state index in [0.717, 1.165) is 22.2 Å². The van der Waals surface area contributed by atoms with Crippen molar-refractivity contribution in [3.63, 3.8) is 0 Å². The van der Waals surface area contributed by atoms with Gasteiger partial charge in [-0.1, -0.05) is 52.8 Å². The van der Waals surface area contributed by atoms with Gasteiger partial charge in [-0.3, -0.25) is 4.57 Å². The summed E-state index contributed by atoms with van der Waals surface area (Å²) in [6.45, 7) is 3.98. The number of hydrogen-bond donors (Lipinski definition) is 0. The van der Waals surface area contributed by atoms with Crippen LogP contribution in [0.2, 0.25) is 0 Å². The molecule has 4 aromatic rings. The fraction of sp³-hybridized carbons (Fsp3) is 0.158. The number of rotatable bonds is 5. The largest absolute Gasteiger partial charge is 0.334 e. The minimum absolute atomic E-state index is 0.529. The normalized spacial score (nSPS) is 11.0. The van der Waals surface area contributed by atoms with Crippen LogP contribution in [-0.2, 0) is 5.75 Å². The summed E-state index contributed by atoms with van der Waals surface area (Å²) in [5, 5.41) is 13.3. The van der Waals surface area contributed by atoms with Crippen LogP contribution >= 0.6 is 11.8 Å². The summed E-state index contributed by atoms with van der Waals surface area (Å²) in [4.78, 5) is 4.48. The summed E-state index contributed by atoms with van der Waals surface area (Å²) in [7, 11) is 0. The molecule has 130 valence electrons. The predicted octanol–water partition coefficient (Wildman–Crippen LogP) is 4.23. The van der Waals surface area contributed by atoms with E-state index in [1.165, 1.54) is 17.3 Å². The molecule has 26 heavy (non-hydrogen) atoms. The summed E-state index contributed by atoms with van der Waals surface area (Å²) >= 11 is 1.53. The number of thioether (sulfide) groups is 1. The van der Waals surface area contributed by atoms with Crippen molar-refractivity contribution in [2.75, 3.05) is 0 Å². The lowest BCUT2D eigenvalue weighted by Gasteiger charge is -2.07. The molecule has 0 amide bonds. The molecule has 0 aliphatic rings.